The Labute approximate surface area is 116 Å². The van der Waals surface area contributed by atoms with Crippen LogP contribution in [0.5, 0.6) is 0 Å². The summed E-state index contributed by atoms with van der Waals surface area (Å²) in [4.78, 5) is 4.19. The maximum atomic E-state index is 4.19. The molecule has 0 aromatic carbocycles. The van der Waals surface area contributed by atoms with E-state index in [2.05, 4.69) is 33.3 Å². The van der Waals surface area contributed by atoms with Crippen LogP contribution in [0.4, 0.5) is 0 Å². The van der Waals surface area contributed by atoms with Crippen LogP contribution >= 0.6 is 0 Å². The minimum atomic E-state index is 0.599. The van der Waals surface area contributed by atoms with E-state index in [4.69, 9.17) is 0 Å². The molecule has 0 spiro atoms. The maximum absolute atomic E-state index is 4.19. The summed E-state index contributed by atoms with van der Waals surface area (Å²) in [6, 6.07) is 2.55. The van der Waals surface area contributed by atoms with Crippen molar-refractivity contribution in [2.24, 2.45) is 0 Å². The van der Waals surface area contributed by atoms with Gasteiger partial charge in [0, 0.05) is 36.6 Å². The maximum Gasteiger partial charge on any atom is 0.0949 e. The van der Waals surface area contributed by atoms with E-state index in [-0.39, 0.29) is 0 Å². The van der Waals surface area contributed by atoms with E-state index in [0.29, 0.717) is 18.1 Å². The van der Waals surface area contributed by atoms with Gasteiger partial charge in [-0.15, -0.1) is 0 Å². The van der Waals surface area contributed by atoms with Crippen molar-refractivity contribution in [3.05, 3.63) is 18.7 Å². The minimum Gasteiger partial charge on any atom is -0.333 e. The van der Waals surface area contributed by atoms with Crippen molar-refractivity contribution >= 4 is 0 Å². The van der Waals surface area contributed by atoms with Crippen LogP contribution in [-0.2, 0) is 0 Å². The molecule has 0 amide bonds. The van der Waals surface area contributed by atoms with Crippen molar-refractivity contribution in [3.63, 3.8) is 0 Å². The molecule has 4 nitrogen and oxygen atoms in total. The molecule has 1 saturated heterocycles. The summed E-state index contributed by atoms with van der Waals surface area (Å²) in [6.07, 6.45) is 13.8. The van der Waals surface area contributed by atoms with Gasteiger partial charge in [-0.05, 0) is 52.0 Å². The van der Waals surface area contributed by atoms with E-state index in [0.717, 1.165) is 6.04 Å². The van der Waals surface area contributed by atoms with E-state index in [1.807, 2.05) is 12.5 Å². The highest BCUT2D eigenvalue weighted by atomic mass is 15.1. The molecule has 1 aromatic heterocycles. The molecule has 1 aliphatic carbocycles. The lowest BCUT2D eigenvalue weighted by Crippen LogP contribution is -2.42. The van der Waals surface area contributed by atoms with Crippen LogP contribution < -0.4 is 10.6 Å². The molecule has 1 saturated carbocycles. The topological polar surface area (TPSA) is 41.9 Å². The lowest BCUT2D eigenvalue weighted by molar-refractivity contribution is 0.335. The van der Waals surface area contributed by atoms with Gasteiger partial charge in [0.2, 0.25) is 0 Å². The molecular formula is C15H26N4. The molecule has 2 N–H and O–H groups in total. The van der Waals surface area contributed by atoms with Gasteiger partial charge in [-0.25, -0.2) is 4.98 Å². The molecule has 4 heteroatoms. The predicted octanol–water partition coefficient (Wildman–Crippen LogP) is 2.10. The molecule has 2 heterocycles. The van der Waals surface area contributed by atoms with Crippen molar-refractivity contribution in [2.45, 2.75) is 69.6 Å². The van der Waals surface area contributed by atoms with E-state index in [1.165, 1.54) is 45.1 Å². The molecule has 2 aliphatic rings. The van der Waals surface area contributed by atoms with Gasteiger partial charge in [-0.1, -0.05) is 0 Å². The quantitative estimate of drug-likeness (QED) is 0.854. The average Bonchev–Trinajstić information content (AvgIpc) is 3.09. The van der Waals surface area contributed by atoms with Gasteiger partial charge in [-0.3, -0.25) is 0 Å². The third kappa shape index (κ3) is 3.18. The van der Waals surface area contributed by atoms with Crippen molar-refractivity contribution in [1.29, 1.82) is 0 Å². The summed E-state index contributed by atoms with van der Waals surface area (Å²) in [5, 5.41) is 7.45. The third-order valence-corrected chi connectivity index (χ3v) is 4.69. The second kappa shape index (κ2) is 6.06. The van der Waals surface area contributed by atoms with Crippen LogP contribution in [0.15, 0.2) is 18.7 Å². The average molecular weight is 262 g/mol. The molecule has 19 heavy (non-hydrogen) atoms. The summed E-state index contributed by atoms with van der Waals surface area (Å²) in [6.45, 7) is 3.54. The smallest absolute Gasteiger partial charge is 0.0949 e. The first-order valence-electron chi connectivity index (χ1n) is 7.80. The van der Waals surface area contributed by atoms with Gasteiger partial charge in [-0.2, -0.15) is 0 Å². The Balaban J connectivity index is 1.53. The SMILES string of the molecule is CC(CC1CCCN1)NC1CCCC1n1ccnc1. The molecule has 4 unspecified atom stereocenters. The van der Waals surface area contributed by atoms with Crippen LogP contribution in [0, 0.1) is 0 Å². The molecule has 1 aromatic rings. The largest absolute Gasteiger partial charge is 0.333 e. The molecule has 2 fully saturated rings. The lowest BCUT2D eigenvalue weighted by Gasteiger charge is -2.27. The Morgan fingerprint density at radius 2 is 2.32 bits per heavy atom. The van der Waals surface area contributed by atoms with Crippen LogP contribution in [0.3, 0.4) is 0 Å². The Bertz CT molecular complexity index is 370. The standard InChI is InChI=1S/C15H26N4/c1-12(10-13-4-3-7-17-13)18-14-5-2-6-15(14)19-9-8-16-11-19/h8-9,11-15,17-18H,2-7,10H2,1H3. The van der Waals surface area contributed by atoms with Crippen LogP contribution in [0.25, 0.3) is 0 Å². The first kappa shape index (κ1) is 13.1. The monoisotopic (exact) mass is 262 g/mol. The van der Waals surface area contributed by atoms with Crippen molar-refractivity contribution in [2.75, 3.05) is 6.54 Å². The Kier molecular flexibility index (Phi) is 4.18. The molecular weight excluding hydrogens is 236 g/mol. The number of rotatable bonds is 5. The zero-order valence-electron chi connectivity index (χ0n) is 11.9. The zero-order chi connectivity index (χ0) is 13.1. The zero-order valence-corrected chi connectivity index (χ0v) is 11.9. The molecule has 4 atom stereocenters. The van der Waals surface area contributed by atoms with E-state index in [1.54, 1.807) is 0 Å². The highest BCUT2D eigenvalue weighted by molar-refractivity contribution is 4.93. The molecule has 0 bridgehead atoms. The van der Waals surface area contributed by atoms with Gasteiger partial charge in [0.1, 0.15) is 0 Å². The fourth-order valence-electron chi connectivity index (χ4n) is 3.78. The van der Waals surface area contributed by atoms with Crippen molar-refractivity contribution in [3.8, 4) is 0 Å². The highest BCUT2D eigenvalue weighted by Gasteiger charge is 2.29. The molecule has 3 rings (SSSR count). The Morgan fingerprint density at radius 1 is 1.37 bits per heavy atom. The molecule has 106 valence electrons. The molecule has 0 radical (unpaired) electrons. The number of aromatic nitrogens is 2. The van der Waals surface area contributed by atoms with Gasteiger partial charge in [0.15, 0.2) is 0 Å². The van der Waals surface area contributed by atoms with E-state index in [9.17, 15) is 0 Å². The number of nitrogens with zero attached hydrogens (tertiary/aromatic N) is 2. The fraction of sp³-hybridized carbons (Fsp3) is 0.800. The Morgan fingerprint density at radius 3 is 3.05 bits per heavy atom. The van der Waals surface area contributed by atoms with Crippen molar-refractivity contribution < 1.29 is 0 Å². The first-order chi connectivity index (χ1) is 9.33. The number of imidazole rings is 1. The lowest BCUT2D eigenvalue weighted by atomic mass is 10.0. The van der Waals surface area contributed by atoms with Crippen LogP contribution in [0.1, 0.15) is 51.5 Å². The summed E-state index contributed by atoms with van der Waals surface area (Å²) in [5.74, 6) is 0. The van der Waals surface area contributed by atoms with Gasteiger partial charge in [0.05, 0.1) is 6.33 Å². The number of hydrogen-bond acceptors (Lipinski definition) is 3. The minimum absolute atomic E-state index is 0.599. The Hall–Kier alpha value is -0.870. The predicted molar refractivity (Wildman–Crippen MR) is 77.1 cm³/mol. The summed E-state index contributed by atoms with van der Waals surface area (Å²) in [7, 11) is 0. The van der Waals surface area contributed by atoms with E-state index >= 15 is 0 Å². The summed E-state index contributed by atoms with van der Waals surface area (Å²) < 4.78 is 2.28. The number of hydrogen-bond donors (Lipinski definition) is 2. The van der Waals surface area contributed by atoms with Gasteiger partial charge < -0.3 is 15.2 Å². The highest BCUT2D eigenvalue weighted by Crippen LogP contribution is 2.30. The third-order valence-electron chi connectivity index (χ3n) is 4.69. The first-order valence-corrected chi connectivity index (χ1v) is 7.80. The number of nitrogens with one attached hydrogen (secondary N) is 2. The van der Waals surface area contributed by atoms with Crippen LogP contribution in [-0.4, -0.2) is 34.2 Å². The fourth-order valence-corrected chi connectivity index (χ4v) is 3.78. The van der Waals surface area contributed by atoms with Gasteiger partial charge >= 0.3 is 0 Å². The van der Waals surface area contributed by atoms with E-state index < -0.39 is 0 Å². The second-order valence-corrected chi connectivity index (χ2v) is 6.21. The summed E-state index contributed by atoms with van der Waals surface area (Å²) in [5.41, 5.74) is 0. The van der Waals surface area contributed by atoms with Crippen molar-refractivity contribution in [1.82, 2.24) is 20.2 Å². The van der Waals surface area contributed by atoms with Crippen LogP contribution in [0.2, 0.25) is 0 Å². The second-order valence-electron chi connectivity index (χ2n) is 6.21. The summed E-state index contributed by atoms with van der Waals surface area (Å²) >= 11 is 0. The normalized spacial score (nSPS) is 32.8. The molecule has 1 aliphatic heterocycles. The van der Waals surface area contributed by atoms with Gasteiger partial charge in [0.25, 0.3) is 0 Å².